The van der Waals surface area contributed by atoms with E-state index in [1.807, 2.05) is 0 Å². The van der Waals surface area contributed by atoms with E-state index in [1.165, 1.54) is 121 Å². The Kier molecular flexibility index (Phi) is 7.08. The summed E-state index contributed by atoms with van der Waals surface area (Å²) in [5.74, 6) is 0.561. The number of anilines is 6. The van der Waals surface area contributed by atoms with Crippen LogP contribution >= 0.6 is 0 Å². The molecule has 11 rings (SSSR count). The topological polar surface area (TPSA) is 6.48 Å². The molecule has 0 atom stereocenters. The molecule has 1 saturated carbocycles. The van der Waals surface area contributed by atoms with Crippen molar-refractivity contribution in [1.82, 2.24) is 0 Å². The van der Waals surface area contributed by atoms with Gasteiger partial charge in [0.2, 0.25) is 0 Å². The smallest absolute Gasteiger partial charge is 0.252 e. The van der Waals surface area contributed by atoms with Gasteiger partial charge in [-0.25, -0.2) is 0 Å². The number of para-hydroxylation sites is 3. The van der Waals surface area contributed by atoms with E-state index in [1.54, 1.807) is 0 Å². The van der Waals surface area contributed by atoms with Gasteiger partial charge in [-0.05, 0) is 128 Å². The minimum Gasteiger partial charge on any atom is -0.311 e. The molecule has 1 fully saturated rings. The second kappa shape index (κ2) is 12.3. The van der Waals surface area contributed by atoms with Gasteiger partial charge < -0.3 is 9.80 Å². The van der Waals surface area contributed by atoms with E-state index in [9.17, 15) is 0 Å². The van der Waals surface area contributed by atoms with Gasteiger partial charge in [0.05, 0.1) is 0 Å². The molecule has 0 spiro atoms. The molecule has 0 N–H and O–H groups in total. The number of hydrogen-bond acceptors (Lipinski definition) is 2. The Bertz CT molecular complexity index is 2620. The number of nitrogens with zero attached hydrogens (tertiary/aromatic N) is 2. The van der Waals surface area contributed by atoms with Crippen molar-refractivity contribution in [2.24, 2.45) is 0 Å². The molecular weight excluding hydrogens is 639 g/mol. The van der Waals surface area contributed by atoms with Crippen LogP contribution in [-0.2, 0) is 0 Å². The lowest BCUT2D eigenvalue weighted by Crippen LogP contribution is -2.61. The van der Waals surface area contributed by atoms with Crippen molar-refractivity contribution in [1.29, 1.82) is 0 Å². The molecule has 53 heavy (non-hydrogen) atoms. The maximum Gasteiger partial charge on any atom is 0.252 e. The summed E-state index contributed by atoms with van der Waals surface area (Å²) in [6, 6.07) is 63.8. The molecular formula is C50H39BN2. The van der Waals surface area contributed by atoms with Gasteiger partial charge in [-0.1, -0.05) is 135 Å². The lowest BCUT2D eigenvalue weighted by atomic mass is 9.33. The van der Waals surface area contributed by atoms with Gasteiger partial charge in [-0.15, -0.1) is 0 Å². The number of benzene rings is 8. The first-order valence-electron chi connectivity index (χ1n) is 19.3. The zero-order chi connectivity index (χ0) is 34.9. The average molecular weight is 679 g/mol. The maximum atomic E-state index is 2.59. The molecule has 8 aromatic carbocycles. The van der Waals surface area contributed by atoms with Gasteiger partial charge in [-0.2, -0.15) is 0 Å². The fourth-order valence-electron chi connectivity index (χ4n) is 9.83. The highest BCUT2D eigenvalue weighted by atomic mass is 15.2. The average Bonchev–Trinajstić information content (AvgIpc) is 3.23. The van der Waals surface area contributed by atoms with Crippen LogP contribution in [0.25, 0.3) is 32.7 Å². The van der Waals surface area contributed by atoms with Crippen LogP contribution in [-0.4, -0.2) is 6.71 Å². The molecule has 1 aliphatic carbocycles. The zero-order valence-corrected chi connectivity index (χ0v) is 29.8. The second-order valence-corrected chi connectivity index (χ2v) is 15.1. The summed E-state index contributed by atoms with van der Waals surface area (Å²) in [5, 5.41) is 5.12. The first kappa shape index (κ1) is 30.6. The third-order valence-corrected chi connectivity index (χ3v) is 12.2. The van der Waals surface area contributed by atoms with Gasteiger partial charge in [-0.3, -0.25) is 0 Å². The van der Waals surface area contributed by atoms with E-state index in [2.05, 4.69) is 180 Å². The number of fused-ring (bicyclic) bond motifs is 6. The van der Waals surface area contributed by atoms with E-state index in [0.29, 0.717) is 5.92 Å². The maximum absolute atomic E-state index is 2.59. The first-order chi connectivity index (χ1) is 26.3. The number of rotatable bonds is 4. The quantitative estimate of drug-likeness (QED) is 0.135. The van der Waals surface area contributed by atoms with Crippen LogP contribution in [0.2, 0.25) is 0 Å². The highest BCUT2D eigenvalue weighted by molar-refractivity contribution is 7.00. The Balaban J connectivity index is 1.23. The molecule has 0 saturated heterocycles. The van der Waals surface area contributed by atoms with Crippen molar-refractivity contribution >= 4 is 78.8 Å². The minimum absolute atomic E-state index is 0.102. The van der Waals surface area contributed by atoms with Crippen LogP contribution < -0.4 is 26.2 Å². The standard InChI is InChI=1S/C50H39BN2/c1-4-16-34(17-5-1)38-32-47-50-48(33-38)53(40-22-8-3-9-23-40)46-31-37(49-41-24-12-10-18-35(41)30-36-19-11-13-25-42(36)49)28-29-44(46)51(50)43-26-14-15-27-45(43)52(47)39-20-6-2-7-21-39/h2-3,6-15,18-34H,1,4-5,16-17H2. The van der Waals surface area contributed by atoms with E-state index in [-0.39, 0.29) is 6.71 Å². The molecule has 0 amide bonds. The highest BCUT2D eigenvalue weighted by Gasteiger charge is 2.44. The predicted molar refractivity (Wildman–Crippen MR) is 227 cm³/mol. The Morgan fingerprint density at radius 2 is 0.981 bits per heavy atom. The summed E-state index contributed by atoms with van der Waals surface area (Å²) >= 11 is 0. The molecule has 2 aliphatic heterocycles. The van der Waals surface area contributed by atoms with Crippen LogP contribution in [0.1, 0.15) is 43.6 Å². The van der Waals surface area contributed by atoms with Gasteiger partial charge in [0.1, 0.15) is 0 Å². The van der Waals surface area contributed by atoms with Crippen molar-refractivity contribution < 1.29 is 0 Å². The lowest BCUT2D eigenvalue weighted by Gasteiger charge is -2.45. The molecule has 3 heteroatoms. The molecule has 0 bridgehead atoms. The van der Waals surface area contributed by atoms with Crippen LogP contribution in [0.15, 0.2) is 170 Å². The zero-order valence-electron chi connectivity index (χ0n) is 29.8. The Morgan fingerprint density at radius 1 is 0.434 bits per heavy atom. The first-order valence-corrected chi connectivity index (χ1v) is 19.3. The van der Waals surface area contributed by atoms with Gasteiger partial charge in [0, 0.05) is 34.1 Å². The van der Waals surface area contributed by atoms with Crippen LogP contribution in [0.5, 0.6) is 0 Å². The molecule has 2 nitrogen and oxygen atoms in total. The van der Waals surface area contributed by atoms with Crippen LogP contribution in [0.3, 0.4) is 0 Å². The number of hydrogen-bond donors (Lipinski definition) is 0. The monoisotopic (exact) mass is 678 g/mol. The molecule has 252 valence electrons. The van der Waals surface area contributed by atoms with E-state index in [4.69, 9.17) is 0 Å². The normalized spacial score (nSPS) is 15.0. The molecule has 0 radical (unpaired) electrons. The van der Waals surface area contributed by atoms with Crippen molar-refractivity contribution in [3.63, 3.8) is 0 Å². The molecule has 0 aromatic heterocycles. The largest absolute Gasteiger partial charge is 0.311 e. The van der Waals surface area contributed by atoms with Gasteiger partial charge in [0.25, 0.3) is 6.71 Å². The second-order valence-electron chi connectivity index (χ2n) is 15.1. The molecule has 2 heterocycles. The summed E-state index contributed by atoms with van der Waals surface area (Å²) in [6.07, 6.45) is 6.46. The third-order valence-electron chi connectivity index (χ3n) is 12.2. The summed E-state index contributed by atoms with van der Waals surface area (Å²) < 4.78 is 0. The highest BCUT2D eigenvalue weighted by Crippen LogP contribution is 2.48. The van der Waals surface area contributed by atoms with Crippen LogP contribution in [0, 0.1) is 0 Å². The molecule has 0 unspecified atom stereocenters. The lowest BCUT2D eigenvalue weighted by molar-refractivity contribution is 0.444. The Labute approximate surface area is 312 Å². The summed E-state index contributed by atoms with van der Waals surface area (Å²) in [4.78, 5) is 5.13. The van der Waals surface area contributed by atoms with Crippen molar-refractivity contribution in [3.05, 3.63) is 175 Å². The fraction of sp³-hybridized carbons (Fsp3) is 0.120. The molecule has 8 aromatic rings. The summed E-state index contributed by atoms with van der Waals surface area (Å²) in [6.45, 7) is 0.102. The van der Waals surface area contributed by atoms with Crippen molar-refractivity contribution in [2.75, 3.05) is 9.80 Å². The summed E-state index contributed by atoms with van der Waals surface area (Å²) in [5.41, 5.74) is 15.7. The predicted octanol–water partition coefficient (Wildman–Crippen LogP) is 11.8. The van der Waals surface area contributed by atoms with Gasteiger partial charge >= 0.3 is 0 Å². The van der Waals surface area contributed by atoms with E-state index in [0.717, 1.165) is 0 Å². The fourth-order valence-corrected chi connectivity index (χ4v) is 9.83. The van der Waals surface area contributed by atoms with Crippen molar-refractivity contribution in [3.8, 4) is 11.1 Å². The Hall–Kier alpha value is -6.06. The van der Waals surface area contributed by atoms with E-state index < -0.39 is 0 Å². The van der Waals surface area contributed by atoms with Crippen LogP contribution in [0.4, 0.5) is 34.1 Å². The van der Waals surface area contributed by atoms with E-state index >= 15 is 0 Å². The SMILES string of the molecule is c1ccc(N2c3ccccc3B3c4ccc(-c5c6ccccc6cc6ccccc56)cc4N(c4ccccc4)c4cc(C5CCCCC5)cc2c43)cc1. The Morgan fingerprint density at radius 3 is 1.64 bits per heavy atom. The summed E-state index contributed by atoms with van der Waals surface area (Å²) in [7, 11) is 0. The third kappa shape index (κ3) is 4.80. The molecule has 3 aliphatic rings. The van der Waals surface area contributed by atoms with Crippen molar-refractivity contribution in [2.45, 2.75) is 38.0 Å². The minimum atomic E-state index is 0.102. The van der Waals surface area contributed by atoms with Gasteiger partial charge in [0.15, 0.2) is 0 Å².